The van der Waals surface area contributed by atoms with Gasteiger partial charge in [0.1, 0.15) is 6.33 Å². The summed E-state index contributed by atoms with van der Waals surface area (Å²) in [4.78, 5) is 0. The molecule has 0 saturated carbocycles. The van der Waals surface area contributed by atoms with Crippen molar-refractivity contribution in [1.82, 2.24) is 20.1 Å². The first-order valence-electron chi connectivity index (χ1n) is 5.95. The van der Waals surface area contributed by atoms with Crippen molar-refractivity contribution >= 4 is 0 Å². The van der Waals surface area contributed by atoms with Crippen molar-refractivity contribution in [2.75, 3.05) is 6.54 Å². The van der Waals surface area contributed by atoms with Crippen molar-refractivity contribution in [2.24, 2.45) is 0 Å². The maximum Gasteiger partial charge on any atom is 0.153 e. The fourth-order valence-corrected chi connectivity index (χ4v) is 2.61. The fraction of sp³-hybridized carbons (Fsp3) is 0.818. The van der Waals surface area contributed by atoms with E-state index in [1.165, 1.54) is 19.3 Å². The minimum absolute atomic E-state index is 0.0985. The fourth-order valence-electron chi connectivity index (χ4n) is 2.61. The Morgan fingerprint density at radius 2 is 2.40 bits per heavy atom. The first-order valence-corrected chi connectivity index (χ1v) is 5.95. The highest BCUT2D eigenvalue weighted by Gasteiger charge is 2.38. The first kappa shape index (κ1) is 10.6. The lowest BCUT2D eigenvalue weighted by molar-refractivity contribution is 0.321. The third kappa shape index (κ3) is 1.78. The first-order chi connectivity index (χ1) is 7.32. The molecule has 1 aromatic rings. The maximum absolute atomic E-state index is 4.31. The molecule has 84 valence electrons. The molecular weight excluding hydrogens is 188 g/mol. The van der Waals surface area contributed by atoms with Crippen LogP contribution >= 0.6 is 0 Å². The summed E-state index contributed by atoms with van der Waals surface area (Å²) in [5.41, 5.74) is 0.0985. The van der Waals surface area contributed by atoms with Crippen LogP contribution in [0.5, 0.6) is 0 Å². The molecule has 0 radical (unpaired) electrons. The summed E-state index contributed by atoms with van der Waals surface area (Å²) >= 11 is 0. The summed E-state index contributed by atoms with van der Waals surface area (Å²) in [5, 5.41) is 12.0. The van der Waals surface area contributed by atoms with Gasteiger partial charge < -0.3 is 9.88 Å². The SMILES string of the molecule is CCCC1(c2nncn2CC)CCCN1. The minimum atomic E-state index is 0.0985. The van der Waals surface area contributed by atoms with Crippen molar-refractivity contribution in [3.8, 4) is 0 Å². The van der Waals surface area contributed by atoms with Gasteiger partial charge in [-0.3, -0.25) is 0 Å². The Morgan fingerprint density at radius 3 is 3.00 bits per heavy atom. The molecule has 1 N–H and O–H groups in total. The lowest BCUT2D eigenvalue weighted by Crippen LogP contribution is -2.39. The van der Waals surface area contributed by atoms with E-state index in [2.05, 4.69) is 33.9 Å². The molecule has 2 heterocycles. The van der Waals surface area contributed by atoms with Crippen LogP contribution in [0.4, 0.5) is 0 Å². The molecule has 0 spiro atoms. The van der Waals surface area contributed by atoms with E-state index >= 15 is 0 Å². The van der Waals surface area contributed by atoms with Crippen LogP contribution in [-0.2, 0) is 12.1 Å². The third-order valence-electron chi connectivity index (χ3n) is 3.30. The van der Waals surface area contributed by atoms with Crippen LogP contribution in [0, 0.1) is 0 Å². The van der Waals surface area contributed by atoms with E-state index < -0.39 is 0 Å². The number of nitrogens with one attached hydrogen (secondary N) is 1. The van der Waals surface area contributed by atoms with Gasteiger partial charge in [-0.1, -0.05) is 13.3 Å². The average molecular weight is 208 g/mol. The Balaban J connectivity index is 2.31. The highest BCUT2D eigenvalue weighted by atomic mass is 15.3. The second-order valence-corrected chi connectivity index (χ2v) is 4.30. The number of hydrogen-bond acceptors (Lipinski definition) is 3. The number of hydrogen-bond donors (Lipinski definition) is 1. The van der Waals surface area contributed by atoms with Crippen molar-refractivity contribution in [1.29, 1.82) is 0 Å². The van der Waals surface area contributed by atoms with Crippen LogP contribution in [-0.4, -0.2) is 21.3 Å². The third-order valence-corrected chi connectivity index (χ3v) is 3.30. The van der Waals surface area contributed by atoms with Gasteiger partial charge in [0.15, 0.2) is 5.82 Å². The van der Waals surface area contributed by atoms with Gasteiger partial charge in [0.25, 0.3) is 0 Å². The molecule has 1 saturated heterocycles. The zero-order chi connectivity index (χ0) is 10.7. The highest BCUT2D eigenvalue weighted by Crippen LogP contribution is 2.33. The Morgan fingerprint density at radius 1 is 1.53 bits per heavy atom. The van der Waals surface area contributed by atoms with Crippen LogP contribution in [0.1, 0.15) is 45.4 Å². The minimum Gasteiger partial charge on any atom is -0.316 e. The topological polar surface area (TPSA) is 42.7 Å². The predicted molar refractivity (Wildman–Crippen MR) is 59.5 cm³/mol. The number of aryl methyl sites for hydroxylation is 1. The smallest absolute Gasteiger partial charge is 0.153 e. The maximum atomic E-state index is 4.31. The van der Waals surface area contributed by atoms with Gasteiger partial charge in [-0.15, -0.1) is 10.2 Å². The van der Waals surface area contributed by atoms with E-state index in [1.54, 1.807) is 0 Å². The molecule has 15 heavy (non-hydrogen) atoms. The van der Waals surface area contributed by atoms with Gasteiger partial charge in [0.05, 0.1) is 5.54 Å². The Hall–Kier alpha value is -0.900. The van der Waals surface area contributed by atoms with E-state index in [1.807, 2.05) is 6.33 Å². The van der Waals surface area contributed by atoms with Gasteiger partial charge in [0.2, 0.25) is 0 Å². The second-order valence-electron chi connectivity index (χ2n) is 4.30. The van der Waals surface area contributed by atoms with Gasteiger partial charge in [-0.2, -0.15) is 0 Å². The zero-order valence-electron chi connectivity index (χ0n) is 9.66. The number of nitrogens with zero attached hydrogens (tertiary/aromatic N) is 3. The second kappa shape index (κ2) is 4.31. The molecule has 0 bridgehead atoms. The van der Waals surface area contributed by atoms with Crippen molar-refractivity contribution in [3.05, 3.63) is 12.2 Å². The molecule has 4 heteroatoms. The summed E-state index contributed by atoms with van der Waals surface area (Å²) in [7, 11) is 0. The Bertz CT molecular complexity index is 312. The van der Waals surface area contributed by atoms with Crippen molar-refractivity contribution in [2.45, 2.75) is 51.6 Å². The molecule has 1 atom stereocenters. The molecule has 0 amide bonds. The number of rotatable bonds is 4. The van der Waals surface area contributed by atoms with Crippen LogP contribution in [0.15, 0.2) is 6.33 Å². The summed E-state index contributed by atoms with van der Waals surface area (Å²) in [6.07, 6.45) is 6.62. The molecule has 1 aliphatic heterocycles. The molecule has 1 aliphatic rings. The van der Waals surface area contributed by atoms with E-state index in [0.29, 0.717) is 0 Å². The molecule has 2 rings (SSSR count). The van der Waals surface area contributed by atoms with Crippen LogP contribution in [0.3, 0.4) is 0 Å². The lowest BCUT2D eigenvalue weighted by atomic mass is 9.91. The quantitative estimate of drug-likeness (QED) is 0.818. The summed E-state index contributed by atoms with van der Waals surface area (Å²) in [5.74, 6) is 1.13. The molecule has 4 nitrogen and oxygen atoms in total. The van der Waals surface area contributed by atoms with Gasteiger partial charge in [-0.05, 0) is 32.7 Å². The Kier molecular flexibility index (Phi) is 3.05. The highest BCUT2D eigenvalue weighted by molar-refractivity contribution is 5.09. The average Bonchev–Trinajstić information content (AvgIpc) is 2.85. The van der Waals surface area contributed by atoms with Gasteiger partial charge in [0, 0.05) is 6.54 Å². The standard InChI is InChI=1S/C11H20N4/c1-3-6-11(7-5-8-12-11)10-14-13-9-15(10)4-2/h9,12H,3-8H2,1-2H3. The van der Waals surface area contributed by atoms with E-state index in [0.717, 1.165) is 25.3 Å². The molecule has 0 aromatic carbocycles. The van der Waals surface area contributed by atoms with Gasteiger partial charge >= 0.3 is 0 Å². The van der Waals surface area contributed by atoms with Crippen molar-refractivity contribution in [3.63, 3.8) is 0 Å². The van der Waals surface area contributed by atoms with Crippen molar-refractivity contribution < 1.29 is 0 Å². The molecule has 1 fully saturated rings. The largest absolute Gasteiger partial charge is 0.316 e. The lowest BCUT2D eigenvalue weighted by Gasteiger charge is -2.28. The summed E-state index contributed by atoms with van der Waals surface area (Å²) in [6.45, 7) is 6.43. The monoisotopic (exact) mass is 208 g/mol. The van der Waals surface area contributed by atoms with Crippen LogP contribution in [0.2, 0.25) is 0 Å². The zero-order valence-corrected chi connectivity index (χ0v) is 9.66. The molecule has 0 aliphatic carbocycles. The molecule has 1 unspecified atom stereocenters. The van der Waals surface area contributed by atoms with E-state index in [4.69, 9.17) is 0 Å². The Labute approximate surface area is 91.1 Å². The summed E-state index contributed by atoms with van der Waals surface area (Å²) in [6, 6.07) is 0. The number of aromatic nitrogens is 3. The normalized spacial score (nSPS) is 26.0. The summed E-state index contributed by atoms with van der Waals surface area (Å²) < 4.78 is 2.16. The van der Waals surface area contributed by atoms with Crippen LogP contribution < -0.4 is 5.32 Å². The predicted octanol–water partition coefficient (Wildman–Crippen LogP) is 1.68. The van der Waals surface area contributed by atoms with Crippen LogP contribution in [0.25, 0.3) is 0 Å². The molecular formula is C11H20N4. The van der Waals surface area contributed by atoms with Gasteiger partial charge in [-0.25, -0.2) is 0 Å². The van der Waals surface area contributed by atoms with E-state index in [-0.39, 0.29) is 5.54 Å². The van der Waals surface area contributed by atoms with E-state index in [9.17, 15) is 0 Å². The molecule has 1 aromatic heterocycles.